The van der Waals surface area contributed by atoms with Gasteiger partial charge in [0, 0.05) is 17.3 Å². The van der Waals surface area contributed by atoms with Crippen molar-refractivity contribution in [3.8, 4) is 11.5 Å². The van der Waals surface area contributed by atoms with Crippen molar-refractivity contribution in [3.05, 3.63) is 66.2 Å². The molecule has 23 heavy (non-hydrogen) atoms. The highest BCUT2D eigenvalue weighted by Crippen LogP contribution is 2.32. The van der Waals surface area contributed by atoms with E-state index in [9.17, 15) is 4.79 Å². The average Bonchev–Trinajstić information content (AvgIpc) is 2.61. The zero-order valence-corrected chi connectivity index (χ0v) is 12.4. The minimum Gasteiger partial charge on any atom is -0.486 e. The highest BCUT2D eigenvalue weighted by Gasteiger charge is 2.14. The smallest absolute Gasteiger partial charge is 0.256 e. The van der Waals surface area contributed by atoms with Crippen molar-refractivity contribution in [3.63, 3.8) is 0 Å². The number of benzene rings is 3. The number of amides is 1. The van der Waals surface area contributed by atoms with Crippen LogP contribution in [0.1, 0.15) is 10.4 Å². The lowest BCUT2D eigenvalue weighted by Gasteiger charge is -2.19. The summed E-state index contributed by atoms with van der Waals surface area (Å²) in [6.07, 6.45) is 0. The van der Waals surface area contributed by atoms with E-state index in [1.54, 1.807) is 6.07 Å². The molecule has 0 saturated heterocycles. The number of hydrogen-bond acceptors (Lipinski definition) is 3. The third-order valence-corrected chi connectivity index (χ3v) is 3.83. The van der Waals surface area contributed by atoms with E-state index in [4.69, 9.17) is 9.47 Å². The Bertz CT molecular complexity index is 883. The van der Waals surface area contributed by atoms with Gasteiger partial charge in [-0.05, 0) is 29.0 Å². The van der Waals surface area contributed by atoms with E-state index in [2.05, 4.69) is 5.32 Å². The quantitative estimate of drug-likeness (QED) is 0.782. The number of ether oxygens (including phenoxy) is 2. The molecule has 0 atom stereocenters. The molecule has 0 spiro atoms. The topological polar surface area (TPSA) is 47.6 Å². The van der Waals surface area contributed by atoms with Crippen LogP contribution < -0.4 is 14.8 Å². The van der Waals surface area contributed by atoms with Gasteiger partial charge in [0.1, 0.15) is 13.2 Å². The fraction of sp³-hybridized carbons (Fsp3) is 0.105. The third kappa shape index (κ3) is 2.59. The van der Waals surface area contributed by atoms with Crippen LogP contribution in [0.3, 0.4) is 0 Å². The number of fused-ring (bicyclic) bond motifs is 2. The van der Waals surface area contributed by atoms with E-state index in [0.29, 0.717) is 36.0 Å². The molecule has 1 amide bonds. The molecule has 4 heteroatoms. The fourth-order valence-electron chi connectivity index (χ4n) is 2.74. The van der Waals surface area contributed by atoms with E-state index in [-0.39, 0.29) is 5.91 Å². The third-order valence-electron chi connectivity index (χ3n) is 3.83. The average molecular weight is 305 g/mol. The summed E-state index contributed by atoms with van der Waals surface area (Å²) in [6, 6.07) is 19.0. The van der Waals surface area contributed by atoms with Crippen LogP contribution in [-0.2, 0) is 0 Å². The number of carbonyl (C=O) groups excluding carboxylic acids is 1. The lowest BCUT2D eigenvalue weighted by molar-refractivity contribution is 0.102. The van der Waals surface area contributed by atoms with E-state index < -0.39 is 0 Å². The van der Waals surface area contributed by atoms with Gasteiger partial charge in [0.05, 0.1) is 0 Å². The summed E-state index contributed by atoms with van der Waals surface area (Å²) >= 11 is 0. The Balaban J connectivity index is 1.64. The highest BCUT2D eigenvalue weighted by atomic mass is 16.6. The molecule has 0 bridgehead atoms. The van der Waals surface area contributed by atoms with E-state index in [1.807, 2.05) is 54.6 Å². The Morgan fingerprint density at radius 1 is 0.870 bits per heavy atom. The molecule has 1 aliphatic rings. The molecule has 3 aromatic carbocycles. The van der Waals surface area contributed by atoms with Crippen LogP contribution >= 0.6 is 0 Å². The normalized spacial score (nSPS) is 12.9. The summed E-state index contributed by atoms with van der Waals surface area (Å²) in [4.78, 5) is 12.6. The van der Waals surface area contributed by atoms with E-state index >= 15 is 0 Å². The summed E-state index contributed by atoms with van der Waals surface area (Å²) in [6.45, 7) is 1.07. The van der Waals surface area contributed by atoms with Crippen molar-refractivity contribution in [2.45, 2.75) is 0 Å². The van der Waals surface area contributed by atoms with Gasteiger partial charge in [0.25, 0.3) is 5.91 Å². The van der Waals surface area contributed by atoms with Crippen molar-refractivity contribution in [2.24, 2.45) is 0 Å². The van der Waals surface area contributed by atoms with Gasteiger partial charge in [0.15, 0.2) is 11.5 Å². The Morgan fingerprint density at radius 3 is 2.57 bits per heavy atom. The number of rotatable bonds is 2. The van der Waals surface area contributed by atoms with Gasteiger partial charge < -0.3 is 14.8 Å². The maximum atomic E-state index is 12.6. The largest absolute Gasteiger partial charge is 0.486 e. The summed E-state index contributed by atoms with van der Waals surface area (Å²) < 4.78 is 11.0. The Hall–Kier alpha value is -3.01. The van der Waals surface area contributed by atoms with Gasteiger partial charge in [-0.2, -0.15) is 0 Å². The summed E-state index contributed by atoms with van der Waals surface area (Å²) in [5.41, 5.74) is 1.34. The van der Waals surface area contributed by atoms with Crippen LogP contribution in [0.2, 0.25) is 0 Å². The molecular formula is C19H15NO3. The zero-order chi connectivity index (χ0) is 15.6. The van der Waals surface area contributed by atoms with Crippen molar-refractivity contribution >= 4 is 22.4 Å². The summed E-state index contributed by atoms with van der Waals surface area (Å²) in [7, 11) is 0. The zero-order valence-electron chi connectivity index (χ0n) is 12.4. The van der Waals surface area contributed by atoms with E-state index in [0.717, 1.165) is 10.8 Å². The van der Waals surface area contributed by atoms with Crippen LogP contribution in [-0.4, -0.2) is 19.1 Å². The molecule has 1 heterocycles. The first-order chi connectivity index (χ1) is 11.3. The fourth-order valence-corrected chi connectivity index (χ4v) is 2.74. The first-order valence-electron chi connectivity index (χ1n) is 7.50. The molecule has 1 aliphatic heterocycles. The summed E-state index contributed by atoms with van der Waals surface area (Å²) in [5, 5.41) is 4.91. The molecule has 4 nitrogen and oxygen atoms in total. The molecule has 1 N–H and O–H groups in total. The second kappa shape index (κ2) is 5.65. The van der Waals surface area contributed by atoms with Gasteiger partial charge in [-0.15, -0.1) is 0 Å². The van der Waals surface area contributed by atoms with Crippen LogP contribution in [0.4, 0.5) is 5.69 Å². The summed E-state index contributed by atoms with van der Waals surface area (Å²) in [5.74, 6) is 1.23. The standard InChI is InChI=1S/C19H15NO3/c21-19(16-7-3-5-13-4-1-2-6-15(13)16)20-14-8-9-17-18(12-14)23-11-10-22-17/h1-9,12H,10-11H2,(H,20,21). The van der Waals surface area contributed by atoms with Crippen molar-refractivity contribution < 1.29 is 14.3 Å². The first-order valence-corrected chi connectivity index (χ1v) is 7.50. The number of nitrogens with one attached hydrogen (secondary N) is 1. The van der Waals surface area contributed by atoms with Crippen LogP contribution in [0.15, 0.2) is 60.7 Å². The van der Waals surface area contributed by atoms with Crippen LogP contribution in [0, 0.1) is 0 Å². The first kappa shape index (κ1) is 13.6. The number of anilines is 1. The molecule has 114 valence electrons. The van der Waals surface area contributed by atoms with Crippen LogP contribution in [0.5, 0.6) is 11.5 Å². The molecular weight excluding hydrogens is 290 g/mol. The minimum atomic E-state index is -0.140. The monoisotopic (exact) mass is 305 g/mol. The van der Waals surface area contributed by atoms with Gasteiger partial charge in [-0.1, -0.05) is 36.4 Å². The Labute approximate surface area is 133 Å². The van der Waals surface area contributed by atoms with Gasteiger partial charge in [-0.25, -0.2) is 0 Å². The molecule has 4 rings (SSSR count). The SMILES string of the molecule is O=C(Nc1ccc2c(c1)OCCO2)c1cccc2ccccc12. The number of carbonyl (C=O) groups is 1. The lowest BCUT2D eigenvalue weighted by Crippen LogP contribution is -2.16. The van der Waals surface area contributed by atoms with Crippen molar-refractivity contribution in [1.29, 1.82) is 0 Å². The van der Waals surface area contributed by atoms with Crippen LogP contribution in [0.25, 0.3) is 10.8 Å². The van der Waals surface area contributed by atoms with E-state index in [1.165, 1.54) is 0 Å². The van der Waals surface area contributed by atoms with Crippen molar-refractivity contribution in [1.82, 2.24) is 0 Å². The van der Waals surface area contributed by atoms with Crippen molar-refractivity contribution in [2.75, 3.05) is 18.5 Å². The predicted molar refractivity (Wildman–Crippen MR) is 89.3 cm³/mol. The maximum absolute atomic E-state index is 12.6. The molecule has 0 aliphatic carbocycles. The molecule has 0 saturated carbocycles. The molecule has 0 radical (unpaired) electrons. The Kier molecular flexibility index (Phi) is 3.35. The molecule has 3 aromatic rings. The van der Waals surface area contributed by atoms with Gasteiger partial charge in [-0.3, -0.25) is 4.79 Å². The molecule has 0 fully saturated rings. The van der Waals surface area contributed by atoms with Gasteiger partial charge in [0.2, 0.25) is 0 Å². The van der Waals surface area contributed by atoms with Gasteiger partial charge >= 0.3 is 0 Å². The second-order valence-corrected chi connectivity index (χ2v) is 5.34. The maximum Gasteiger partial charge on any atom is 0.256 e. The predicted octanol–water partition coefficient (Wildman–Crippen LogP) is 3.86. The Morgan fingerprint density at radius 2 is 1.65 bits per heavy atom. The second-order valence-electron chi connectivity index (χ2n) is 5.34. The number of hydrogen-bond donors (Lipinski definition) is 1. The molecule has 0 aromatic heterocycles. The lowest BCUT2D eigenvalue weighted by atomic mass is 10.0. The molecule has 0 unspecified atom stereocenters. The highest BCUT2D eigenvalue weighted by molar-refractivity contribution is 6.13. The minimum absolute atomic E-state index is 0.140.